The van der Waals surface area contributed by atoms with Gasteiger partial charge in [0.2, 0.25) is 0 Å². The van der Waals surface area contributed by atoms with Gasteiger partial charge < -0.3 is 15.4 Å². The Morgan fingerprint density at radius 2 is 1.96 bits per heavy atom. The third kappa shape index (κ3) is 6.44. The van der Waals surface area contributed by atoms with Crippen molar-refractivity contribution >= 4 is 5.96 Å². The number of piperidine rings is 1. The van der Waals surface area contributed by atoms with Gasteiger partial charge in [-0.25, -0.2) is 0 Å². The topological polar surface area (TPSA) is 48.9 Å². The van der Waals surface area contributed by atoms with E-state index < -0.39 is 6.61 Å². The standard InChI is InChI=1S/C19H30F2N4O/c1-14-8-10-25(11-9-14)15(2)12-23-19(22-3)24-13-16-6-4-5-7-17(16)26-18(20)21/h4-7,14-15,18H,8-13H2,1-3H3,(H2,22,23,24). The Morgan fingerprint density at radius 1 is 1.27 bits per heavy atom. The Kier molecular flexibility index (Phi) is 8.09. The third-order valence-corrected chi connectivity index (χ3v) is 4.87. The van der Waals surface area contributed by atoms with Crippen LogP contribution in [-0.4, -0.2) is 50.2 Å². The fourth-order valence-electron chi connectivity index (χ4n) is 3.10. The first-order valence-corrected chi connectivity index (χ1v) is 9.21. The van der Waals surface area contributed by atoms with E-state index in [9.17, 15) is 8.78 Å². The molecule has 146 valence electrons. The molecule has 0 spiro atoms. The predicted octanol–water partition coefficient (Wildman–Crippen LogP) is 3.07. The highest BCUT2D eigenvalue weighted by molar-refractivity contribution is 5.79. The van der Waals surface area contributed by atoms with Crippen LogP contribution in [0.2, 0.25) is 0 Å². The van der Waals surface area contributed by atoms with Crippen molar-refractivity contribution in [1.29, 1.82) is 0 Å². The molecule has 0 radical (unpaired) electrons. The fraction of sp³-hybridized carbons (Fsp3) is 0.632. The van der Waals surface area contributed by atoms with Crippen LogP contribution in [0.1, 0.15) is 32.3 Å². The van der Waals surface area contributed by atoms with Crippen LogP contribution in [0.3, 0.4) is 0 Å². The summed E-state index contributed by atoms with van der Waals surface area (Å²) in [6, 6.07) is 7.19. The number of alkyl halides is 2. The maximum Gasteiger partial charge on any atom is 0.387 e. The monoisotopic (exact) mass is 368 g/mol. The molecule has 5 nitrogen and oxygen atoms in total. The Balaban J connectivity index is 1.81. The number of aliphatic imine (C=N–C) groups is 1. The van der Waals surface area contributed by atoms with Crippen molar-refractivity contribution in [2.24, 2.45) is 10.9 Å². The molecule has 0 amide bonds. The van der Waals surface area contributed by atoms with Crippen molar-refractivity contribution in [3.8, 4) is 5.75 Å². The molecule has 2 rings (SSSR count). The number of guanidine groups is 1. The van der Waals surface area contributed by atoms with Crippen LogP contribution >= 0.6 is 0 Å². The molecule has 1 unspecified atom stereocenters. The average molecular weight is 368 g/mol. The van der Waals surface area contributed by atoms with E-state index in [-0.39, 0.29) is 5.75 Å². The maximum absolute atomic E-state index is 12.5. The molecule has 7 heteroatoms. The number of hydrogen-bond acceptors (Lipinski definition) is 3. The molecule has 1 aromatic carbocycles. The summed E-state index contributed by atoms with van der Waals surface area (Å²) in [5, 5.41) is 6.48. The minimum absolute atomic E-state index is 0.182. The highest BCUT2D eigenvalue weighted by atomic mass is 19.3. The van der Waals surface area contributed by atoms with Gasteiger partial charge in [0.15, 0.2) is 5.96 Å². The summed E-state index contributed by atoms with van der Waals surface area (Å²) in [7, 11) is 1.70. The van der Waals surface area contributed by atoms with Crippen LogP contribution < -0.4 is 15.4 Å². The average Bonchev–Trinajstić information content (AvgIpc) is 2.63. The van der Waals surface area contributed by atoms with Crippen molar-refractivity contribution in [2.75, 3.05) is 26.7 Å². The number of rotatable bonds is 7. The predicted molar refractivity (Wildman–Crippen MR) is 101 cm³/mol. The Bertz CT molecular complexity index is 574. The lowest BCUT2D eigenvalue weighted by atomic mass is 9.98. The van der Waals surface area contributed by atoms with Crippen molar-refractivity contribution in [2.45, 2.75) is 45.9 Å². The van der Waals surface area contributed by atoms with Crippen LogP contribution in [0.25, 0.3) is 0 Å². The first-order valence-electron chi connectivity index (χ1n) is 9.21. The van der Waals surface area contributed by atoms with Crippen LogP contribution in [0, 0.1) is 5.92 Å². The first-order chi connectivity index (χ1) is 12.5. The fourth-order valence-corrected chi connectivity index (χ4v) is 3.10. The van der Waals surface area contributed by atoms with Gasteiger partial charge in [-0.2, -0.15) is 8.78 Å². The van der Waals surface area contributed by atoms with Gasteiger partial charge in [-0.1, -0.05) is 25.1 Å². The van der Waals surface area contributed by atoms with Gasteiger partial charge in [-0.15, -0.1) is 0 Å². The summed E-state index contributed by atoms with van der Waals surface area (Å²) in [5.41, 5.74) is 0.661. The second kappa shape index (κ2) is 10.3. The third-order valence-electron chi connectivity index (χ3n) is 4.87. The molecule has 26 heavy (non-hydrogen) atoms. The number of hydrogen-bond donors (Lipinski definition) is 2. The minimum atomic E-state index is -2.83. The number of para-hydroxylation sites is 1. The largest absolute Gasteiger partial charge is 0.434 e. The summed E-state index contributed by atoms with van der Waals surface area (Å²) in [6.07, 6.45) is 2.50. The molecule has 2 N–H and O–H groups in total. The summed E-state index contributed by atoms with van der Waals surface area (Å²) in [6.45, 7) is 5.09. The highest BCUT2D eigenvalue weighted by Crippen LogP contribution is 2.20. The van der Waals surface area contributed by atoms with E-state index in [2.05, 4.69) is 39.1 Å². The molecule has 0 aliphatic carbocycles. The second-order valence-corrected chi connectivity index (χ2v) is 6.86. The zero-order valence-electron chi connectivity index (χ0n) is 15.8. The SMILES string of the molecule is CN=C(NCc1ccccc1OC(F)F)NCC(C)N1CCC(C)CC1. The zero-order chi connectivity index (χ0) is 18.9. The van der Waals surface area contributed by atoms with Gasteiger partial charge in [-0.05, 0) is 44.8 Å². The van der Waals surface area contributed by atoms with Crippen LogP contribution in [0.15, 0.2) is 29.3 Å². The number of nitrogens with zero attached hydrogens (tertiary/aromatic N) is 2. The lowest BCUT2D eigenvalue weighted by molar-refractivity contribution is -0.0504. The van der Waals surface area contributed by atoms with E-state index in [0.717, 1.165) is 25.6 Å². The van der Waals surface area contributed by atoms with Gasteiger partial charge in [0.05, 0.1) is 0 Å². The molecule has 1 atom stereocenters. The zero-order valence-corrected chi connectivity index (χ0v) is 15.8. The summed E-state index contributed by atoms with van der Waals surface area (Å²) in [4.78, 5) is 6.70. The number of ether oxygens (including phenoxy) is 1. The van der Waals surface area contributed by atoms with E-state index >= 15 is 0 Å². The van der Waals surface area contributed by atoms with Gasteiger partial charge >= 0.3 is 6.61 Å². The van der Waals surface area contributed by atoms with E-state index in [0.29, 0.717) is 24.1 Å². The number of likely N-dealkylation sites (tertiary alicyclic amines) is 1. The van der Waals surface area contributed by atoms with E-state index in [1.807, 2.05) is 0 Å². The van der Waals surface area contributed by atoms with E-state index in [1.54, 1.807) is 31.3 Å². The lowest BCUT2D eigenvalue weighted by Gasteiger charge is -2.35. The summed E-state index contributed by atoms with van der Waals surface area (Å²) in [5.74, 6) is 1.65. The smallest absolute Gasteiger partial charge is 0.387 e. The quantitative estimate of drug-likeness (QED) is 0.574. The molecule has 0 aromatic heterocycles. The number of benzene rings is 1. The number of nitrogens with one attached hydrogen (secondary N) is 2. The van der Waals surface area contributed by atoms with Crippen molar-refractivity contribution in [3.63, 3.8) is 0 Å². The van der Waals surface area contributed by atoms with Gasteiger partial charge in [0.1, 0.15) is 5.75 Å². The van der Waals surface area contributed by atoms with E-state index in [4.69, 9.17) is 0 Å². The molecule has 1 heterocycles. The summed E-state index contributed by atoms with van der Waals surface area (Å²) < 4.78 is 29.5. The first kappa shape index (κ1) is 20.4. The Morgan fingerprint density at radius 3 is 2.62 bits per heavy atom. The molecule has 0 bridgehead atoms. The minimum Gasteiger partial charge on any atom is -0.434 e. The van der Waals surface area contributed by atoms with Crippen molar-refractivity contribution < 1.29 is 13.5 Å². The molecular weight excluding hydrogens is 338 g/mol. The van der Waals surface area contributed by atoms with Gasteiger partial charge in [0, 0.05) is 31.7 Å². The lowest BCUT2D eigenvalue weighted by Crippen LogP contribution is -2.48. The molecule has 1 saturated heterocycles. The van der Waals surface area contributed by atoms with Crippen LogP contribution in [0.4, 0.5) is 8.78 Å². The van der Waals surface area contributed by atoms with Gasteiger partial charge in [-0.3, -0.25) is 9.89 Å². The van der Waals surface area contributed by atoms with Gasteiger partial charge in [0.25, 0.3) is 0 Å². The molecule has 1 aliphatic heterocycles. The molecular formula is C19H30F2N4O. The molecule has 1 aromatic rings. The van der Waals surface area contributed by atoms with Crippen LogP contribution in [-0.2, 0) is 6.54 Å². The maximum atomic E-state index is 12.5. The Labute approximate surface area is 154 Å². The normalized spacial score (nSPS) is 18.0. The molecule has 0 saturated carbocycles. The van der Waals surface area contributed by atoms with E-state index in [1.165, 1.54) is 12.8 Å². The Hall–Kier alpha value is -1.89. The second-order valence-electron chi connectivity index (χ2n) is 6.86. The highest BCUT2D eigenvalue weighted by Gasteiger charge is 2.20. The van der Waals surface area contributed by atoms with Crippen molar-refractivity contribution in [3.05, 3.63) is 29.8 Å². The number of halogens is 2. The van der Waals surface area contributed by atoms with Crippen molar-refractivity contribution in [1.82, 2.24) is 15.5 Å². The molecule has 1 fully saturated rings. The van der Waals surface area contributed by atoms with Crippen LogP contribution in [0.5, 0.6) is 5.75 Å². The summed E-state index contributed by atoms with van der Waals surface area (Å²) >= 11 is 0. The molecule has 1 aliphatic rings.